The van der Waals surface area contributed by atoms with Gasteiger partial charge in [0.2, 0.25) is 10.0 Å². The zero-order valence-electron chi connectivity index (χ0n) is 12.0. The Morgan fingerprint density at radius 3 is 2.71 bits per heavy atom. The Morgan fingerprint density at radius 2 is 2.14 bits per heavy atom. The van der Waals surface area contributed by atoms with Crippen LogP contribution in [-0.4, -0.2) is 38.4 Å². The maximum atomic E-state index is 13.8. The Morgan fingerprint density at radius 1 is 1.38 bits per heavy atom. The molecule has 21 heavy (non-hydrogen) atoms. The van der Waals surface area contributed by atoms with Crippen LogP contribution in [0.25, 0.3) is 0 Å². The molecule has 0 spiro atoms. The Kier molecular flexibility index (Phi) is 5.29. The van der Waals surface area contributed by atoms with Gasteiger partial charge in [-0.15, -0.1) is 0 Å². The molecule has 1 aliphatic rings. The molecule has 118 valence electrons. The number of halogens is 2. The Labute approximate surface area is 124 Å². The SMILES string of the molecule is CCCN(CC1CCCN1)S(=O)(=O)c1ccc(F)cc1F. The van der Waals surface area contributed by atoms with Gasteiger partial charge in [0, 0.05) is 25.2 Å². The van der Waals surface area contributed by atoms with Gasteiger partial charge in [-0.2, -0.15) is 4.31 Å². The van der Waals surface area contributed by atoms with Crippen LogP contribution in [0.3, 0.4) is 0 Å². The van der Waals surface area contributed by atoms with Crippen molar-refractivity contribution in [2.24, 2.45) is 0 Å². The molecule has 0 radical (unpaired) electrons. The molecule has 7 heteroatoms. The monoisotopic (exact) mass is 318 g/mol. The van der Waals surface area contributed by atoms with E-state index in [9.17, 15) is 17.2 Å². The van der Waals surface area contributed by atoms with Gasteiger partial charge in [-0.1, -0.05) is 6.92 Å². The fourth-order valence-corrected chi connectivity index (χ4v) is 4.16. The average Bonchev–Trinajstić information content (AvgIpc) is 2.90. The molecule has 1 fully saturated rings. The van der Waals surface area contributed by atoms with Crippen LogP contribution in [0, 0.1) is 11.6 Å². The predicted molar refractivity (Wildman–Crippen MR) is 76.4 cm³/mol. The van der Waals surface area contributed by atoms with Crippen LogP contribution >= 0.6 is 0 Å². The van der Waals surface area contributed by atoms with Gasteiger partial charge in [0.15, 0.2) is 0 Å². The van der Waals surface area contributed by atoms with Crippen molar-refractivity contribution in [2.75, 3.05) is 19.6 Å². The number of rotatable bonds is 6. The topological polar surface area (TPSA) is 49.4 Å². The summed E-state index contributed by atoms with van der Waals surface area (Å²) in [5, 5.41) is 3.23. The molecule has 0 aliphatic carbocycles. The first-order valence-electron chi connectivity index (χ1n) is 7.13. The molecule has 1 aliphatic heterocycles. The molecule has 1 N–H and O–H groups in total. The molecule has 1 aromatic rings. The highest BCUT2D eigenvalue weighted by Gasteiger charge is 2.30. The number of nitrogens with zero attached hydrogens (tertiary/aromatic N) is 1. The van der Waals surface area contributed by atoms with Gasteiger partial charge in [0.05, 0.1) is 0 Å². The number of hydrogen-bond acceptors (Lipinski definition) is 3. The summed E-state index contributed by atoms with van der Waals surface area (Å²) in [6.07, 6.45) is 2.55. The minimum absolute atomic E-state index is 0.0924. The number of sulfonamides is 1. The van der Waals surface area contributed by atoms with Crippen molar-refractivity contribution < 1.29 is 17.2 Å². The zero-order valence-corrected chi connectivity index (χ0v) is 12.8. The van der Waals surface area contributed by atoms with Gasteiger partial charge in [0.25, 0.3) is 0 Å². The van der Waals surface area contributed by atoms with Crippen molar-refractivity contribution >= 4 is 10.0 Å². The summed E-state index contributed by atoms with van der Waals surface area (Å²) < 4.78 is 53.2. The molecule has 1 unspecified atom stereocenters. The molecular weight excluding hydrogens is 298 g/mol. The van der Waals surface area contributed by atoms with Gasteiger partial charge in [0.1, 0.15) is 16.5 Å². The van der Waals surface area contributed by atoms with Crippen molar-refractivity contribution in [1.29, 1.82) is 0 Å². The lowest BCUT2D eigenvalue weighted by Crippen LogP contribution is -2.41. The highest BCUT2D eigenvalue weighted by atomic mass is 32.2. The van der Waals surface area contributed by atoms with Crippen LogP contribution in [0.1, 0.15) is 26.2 Å². The summed E-state index contributed by atoms with van der Waals surface area (Å²) >= 11 is 0. The second kappa shape index (κ2) is 6.81. The quantitative estimate of drug-likeness (QED) is 0.874. The first-order valence-corrected chi connectivity index (χ1v) is 8.57. The molecule has 1 aromatic carbocycles. The van der Waals surface area contributed by atoms with Crippen LogP contribution < -0.4 is 5.32 Å². The van der Waals surface area contributed by atoms with Crippen LogP contribution in [0.15, 0.2) is 23.1 Å². The summed E-state index contributed by atoms with van der Waals surface area (Å²) in [7, 11) is -3.95. The van der Waals surface area contributed by atoms with E-state index in [0.29, 0.717) is 25.6 Å². The highest BCUT2D eigenvalue weighted by molar-refractivity contribution is 7.89. The third-order valence-corrected chi connectivity index (χ3v) is 5.47. The van der Waals surface area contributed by atoms with Gasteiger partial charge in [-0.05, 0) is 37.9 Å². The third-order valence-electron chi connectivity index (χ3n) is 3.57. The van der Waals surface area contributed by atoms with Crippen molar-refractivity contribution in [3.63, 3.8) is 0 Å². The molecule has 0 saturated carbocycles. The van der Waals surface area contributed by atoms with E-state index in [1.165, 1.54) is 4.31 Å². The second-order valence-corrected chi connectivity index (χ2v) is 7.14. The van der Waals surface area contributed by atoms with E-state index in [2.05, 4.69) is 5.32 Å². The summed E-state index contributed by atoms with van der Waals surface area (Å²) in [6.45, 7) is 3.37. The minimum Gasteiger partial charge on any atom is -0.313 e. The standard InChI is InChI=1S/C14H20F2N2O2S/c1-2-8-18(10-12-4-3-7-17-12)21(19,20)14-6-5-11(15)9-13(14)16/h5-6,9,12,17H,2-4,7-8,10H2,1H3. The number of nitrogens with one attached hydrogen (secondary N) is 1. The normalized spacial score (nSPS) is 19.3. The minimum atomic E-state index is -3.95. The van der Waals surface area contributed by atoms with Crippen molar-refractivity contribution in [3.8, 4) is 0 Å². The molecule has 1 atom stereocenters. The number of hydrogen-bond donors (Lipinski definition) is 1. The average molecular weight is 318 g/mol. The summed E-state index contributed by atoms with van der Waals surface area (Å²) in [5.74, 6) is -1.83. The van der Waals surface area contributed by atoms with Crippen LogP contribution in [0.5, 0.6) is 0 Å². The van der Waals surface area contributed by atoms with Crippen LogP contribution in [0.2, 0.25) is 0 Å². The van der Waals surface area contributed by atoms with E-state index in [1.54, 1.807) is 0 Å². The first kappa shape index (κ1) is 16.3. The van der Waals surface area contributed by atoms with Gasteiger partial charge in [-0.25, -0.2) is 17.2 Å². The summed E-state index contributed by atoms with van der Waals surface area (Å²) in [4.78, 5) is -0.463. The molecule has 0 amide bonds. The molecular formula is C14H20F2N2O2S. The molecule has 2 rings (SSSR count). The van der Waals surface area contributed by atoms with E-state index >= 15 is 0 Å². The van der Waals surface area contributed by atoms with Gasteiger partial charge >= 0.3 is 0 Å². The van der Waals surface area contributed by atoms with E-state index in [4.69, 9.17) is 0 Å². The maximum Gasteiger partial charge on any atom is 0.246 e. The van der Waals surface area contributed by atoms with Crippen molar-refractivity contribution in [2.45, 2.75) is 37.1 Å². The van der Waals surface area contributed by atoms with E-state index in [-0.39, 0.29) is 6.04 Å². The lowest BCUT2D eigenvalue weighted by Gasteiger charge is -2.25. The van der Waals surface area contributed by atoms with E-state index in [1.807, 2.05) is 6.92 Å². The second-order valence-electron chi connectivity index (χ2n) is 5.23. The molecule has 0 aromatic heterocycles. The fourth-order valence-electron chi connectivity index (χ4n) is 2.54. The Balaban J connectivity index is 2.27. The van der Waals surface area contributed by atoms with E-state index < -0.39 is 26.6 Å². The largest absolute Gasteiger partial charge is 0.313 e. The smallest absolute Gasteiger partial charge is 0.246 e. The van der Waals surface area contributed by atoms with Gasteiger partial charge in [-0.3, -0.25) is 0 Å². The summed E-state index contributed by atoms with van der Waals surface area (Å²) in [5.41, 5.74) is 0. The van der Waals surface area contributed by atoms with E-state index in [0.717, 1.165) is 31.5 Å². The van der Waals surface area contributed by atoms with Crippen LogP contribution in [0.4, 0.5) is 8.78 Å². The molecule has 4 nitrogen and oxygen atoms in total. The van der Waals surface area contributed by atoms with Crippen molar-refractivity contribution in [1.82, 2.24) is 9.62 Å². The van der Waals surface area contributed by atoms with Gasteiger partial charge < -0.3 is 5.32 Å². The maximum absolute atomic E-state index is 13.8. The molecule has 1 saturated heterocycles. The molecule has 0 bridgehead atoms. The Bertz CT molecular complexity index is 587. The third kappa shape index (κ3) is 3.78. The fraction of sp³-hybridized carbons (Fsp3) is 0.571. The van der Waals surface area contributed by atoms with Crippen molar-refractivity contribution in [3.05, 3.63) is 29.8 Å². The van der Waals surface area contributed by atoms with Crippen LogP contribution in [-0.2, 0) is 10.0 Å². The predicted octanol–water partition coefficient (Wildman–Crippen LogP) is 2.12. The number of benzene rings is 1. The summed E-state index contributed by atoms with van der Waals surface area (Å²) in [6, 6.07) is 2.65. The lowest BCUT2D eigenvalue weighted by atomic mass is 10.2. The highest BCUT2D eigenvalue weighted by Crippen LogP contribution is 2.21. The first-order chi connectivity index (χ1) is 9.95. The lowest BCUT2D eigenvalue weighted by molar-refractivity contribution is 0.367. The zero-order chi connectivity index (χ0) is 15.5. The molecule has 1 heterocycles. The Hall–Kier alpha value is -1.05.